The molecule has 6 heteroatoms. The molecule has 112 valence electrons. The van der Waals surface area contributed by atoms with Crippen LogP contribution in [-0.4, -0.2) is 15.5 Å². The van der Waals surface area contributed by atoms with E-state index in [-0.39, 0.29) is 4.90 Å². The molecular formula is C15H18N2O3S. The van der Waals surface area contributed by atoms with E-state index >= 15 is 0 Å². The maximum Gasteiger partial charge on any atom is 0.238 e. The Morgan fingerprint density at radius 2 is 1.81 bits per heavy atom. The lowest BCUT2D eigenvalue weighted by molar-refractivity contribution is 0.184. The van der Waals surface area contributed by atoms with Crippen LogP contribution in [0.2, 0.25) is 0 Å². The van der Waals surface area contributed by atoms with Crippen LogP contribution in [0.4, 0.5) is 5.69 Å². The van der Waals surface area contributed by atoms with Gasteiger partial charge in [-0.3, -0.25) is 0 Å². The van der Waals surface area contributed by atoms with Gasteiger partial charge in [0.15, 0.2) is 0 Å². The predicted molar refractivity (Wildman–Crippen MR) is 82.3 cm³/mol. The monoisotopic (exact) mass is 306 g/mol. The molecule has 0 fully saturated rings. The lowest BCUT2D eigenvalue weighted by Gasteiger charge is -2.11. The Morgan fingerprint density at radius 1 is 1.10 bits per heavy atom. The molecule has 2 rings (SSSR count). The number of nitrogens with one attached hydrogen (secondary N) is 1. The van der Waals surface area contributed by atoms with Gasteiger partial charge < -0.3 is 10.1 Å². The van der Waals surface area contributed by atoms with Crippen molar-refractivity contribution >= 4 is 15.7 Å². The van der Waals surface area contributed by atoms with Crippen LogP contribution in [0.5, 0.6) is 0 Å². The zero-order valence-corrected chi connectivity index (χ0v) is 12.6. The Bertz CT molecular complexity index is 714. The fourth-order valence-corrected chi connectivity index (χ4v) is 2.57. The minimum Gasteiger partial charge on any atom is -0.381 e. The van der Waals surface area contributed by atoms with E-state index in [4.69, 9.17) is 9.88 Å². The highest BCUT2D eigenvalue weighted by Crippen LogP contribution is 2.16. The molecule has 0 aliphatic heterocycles. The summed E-state index contributed by atoms with van der Waals surface area (Å²) in [5.41, 5.74) is 2.89. The van der Waals surface area contributed by atoms with E-state index in [1.54, 1.807) is 19.2 Å². The third-order valence-corrected chi connectivity index (χ3v) is 3.97. The number of primary sulfonamides is 1. The lowest BCUT2D eigenvalue weighted by Crippen LogP contribution is -2.12. The molecule has 3 N–H and O–H groups in total. The van der Waals surface area contributed by atoms with Crippen LogP contribution in [0.3, 0.4) is 0 Å². The molecule has 0 aromatic heterocycles. The van der Waals surface area contributed by atoms with Crippen LogP contribution in [0, 0.1) is 0 Å². The van der Waals surface area contributed by atoms with Crippen molar-refractivity contribution < 1.29 is 13.2 Å². The van der Waals surface area contributed by atoms with Crippen LogP contribution in [0.15, 0.2) is 53.4 Å². The predicted octanol–water partition coefficient (Wildman–Crippen LogP) is 2.09. The van der Waals surface area contributed by atoms with E-state index in [9.17, 15) is 8.42 Å². The molecular weight excluding hydrogens is 288 g/mol. The van der Waals surface area contributed by atoms with Crippen molar-refractivity contribution in [1.29, 1.82) is 0 Å². The van der Waals surface area contributed by atoms with Crippen LogP contribution >= 0.6 is 0 Å². The molecule has 0 heterocycles. The first-order valence-electron chi connectivity index (χ1n) is 6.43. The lowest BCUT2D eigenvalue weighted by atomic mass is 10.1. The molecule has 0 radical (unpaired) electrons. The van der Waals surface area contributed by atoms with E-state index in [1.165, 1.54) is 12.1 Å². The molecule has 0 saturated heterocycles. The number of hydrogen-bond acceptors (Lipinski definition) is 4. The molecule has 0 aliphatic carbocycles. The Balaban J connectivity index is 2.14. The third-order valence-electron chi connectivity index (χ3n) is 3.06. The molecule has 21 heavy (non-hydrogen) atoms. The molecule has 0 bridgehead atoms. The normalized spacial score (nSPS) is 11.3. The highest BCUT2D eigenvalue weighted by Gasteiger charge is 2.08. The minimum atomic E-state index is -3.69. The number of hydrogen-bond donors (Lipinski definition) is 2. The molecule has 0 atom stereocenters. The highest BCUT2D eigenvalue weighted by molar-refractivity contribution is 7.89. The first kappa shape index (κ1) is 15.5. The number of sulfonamides is 1. The zero-order chi connectivity index (χ0) is 15.3. The van der Waals surface area contributed by atoms with Gasteiger partial charge in [0.05, 0.1) is 11.5 Å². The zero-order valence-electron chi connectivity index (χ0n) is 11.7. The maximum absolute atomic E-state index is 11.3. The van der Waals surface area contributed by atoms with E-state index in [0.717, 1.165) is 11.1 Å². The van der Waals surface area contributed by atoms with Gasteiger partial charge >= 0.3 is 0 Å². The van der Waals surface area contributed by atoms with Crippen molar-refractivity contribution in [2.45, 2.75) is 18.0 Å². The van der Waals surface area contributed by atoms with Gasteiger partial charge in [-0.05, 0) is 29.3 Å². The van der Waals surface area contributed by atoms with E-state index in [0.29, 0.717) is 18.8 Å². The number of anilines is 1. The summed E-state index contributed by atoms with van der Waals surface area (Å²) in [5, 5.41) is 8.32. The molecule has 0 amide bonds. The topological polar surface area (TPSA) is 81.4 Å². The van der Waals surface area contributed by atoms with Crippen molar-refractivity contribution in [3.63, 3.8) is 0 Å². The van der Waals surface area contributed by atoms with Crippen LogP contribution in [0.1, 0.15) is 11.1 Å². The first-order chi connectivity index (χ1) is 10.0. The van der Waals surface area contributed by atoms with Crippen LogP contribution < -0.4 is 10.5 Å². The Morgan fingerprint density at radius 3 is 2.48 bits per heavy atom. The van der Waals surface area contributed by atoms with Gasteiger partial charge in [0.25, 0.3) is 0 Å². The van der Waals surface area contributed by atoms with E-state index in [1.807, 2.05) is 24.3 Å². The molecule has 5 nitrogen and oxygen atoms in total. The fraction of sp³-hybridized carbons (Fsp3) is 0.200. The number of benzene rings is 2. The van der Waals surface area contributed by atoms with Crippen molar-refractivity contribution in [1.82, 2.24) is 0 Å². The standard InChI is InChI=1S/C15H18N2O3S/c1-20-11-13-6-3-2-5-12(13)10-17-14-7-4-8-15(9-14)21(16,18)19/h2-9,17H,10-11H2,1H3,(H2,16,18,19). The third kappa shape index (κ3) is 4.29. The second-order valence-corrected chi connectivity index (χ2v) is 6.19. The summed E-state index contributed by atoms with van der Waals surface area (Å²) < 4.78 is 27.8. The fourth-order valence-electron chi connectivity index (χ4n) is 2.01. The smallest absolute Gasteiger partial charge is 0.238 e. The number of ether oxygens (including phenoxy) is 1. The summed E-state index contributed by atoms with van der Waals surface area (Å²) in [6, 6.07) is 14.4. The molecule has 2 aromatic rings. The molecule has 0 spiro atoms. The second kappa shape index (κ2) is 6.71. The first-order valence-corrected chi connectivity index (χ1v) is 7.98. The summed E-state index contributed by atoms with van der Waals surface area (Å²) in [4.78, 5) is 0.0951. The van der Waals surface area contributed by atoms with E-state index < -0.39 is 10.0 Å². The van der Waals surface area contributed by atoms with Crippen molar-refractivity contribution in [3.8, 4) is 0 Å². The molecule has 0 unspecified atom stereocenters. The van der Waals surface area contributed by atoms with Crippen molar-refractivity contribution in [2.75, 3.05) is 12.4 Å². The number of methoxy groups -OCH3 is 1. The van der Waals surface area contributed by atoms with Crippen molar-refractivity contribution in [2.24, 2.45) is 5.14 Å². The number of rotatable bonds is 6. The van der Waals surface area contributed by atoms with Gasteiger partial charge in [0.2, 0.25) is 10.0 Å². The quantitative estimate of drug-likeness (QED) is 0.856. The Labute approximate surface area is 124 Å². The summed E-state index contributed by atoms with van der Waals surface area (Å²) in [7, 11) is -2.03. The van der Waals surface area contributed by atoms with Gasteiger partial charge in [-0.2, -0.15) is 0 Å². The Hall–Kier alpha value is -1.89. The van der Waals surface area contributed by atoms with Gasteiger partial charge in [-0.15, -0.1) is 0 Å². The molecule has 0 saturated carbocycles. The number of nitrogens with two attached hydrogens (primary N) is 1. The van der Waals surface area contributed by atoms with Gasteiger partial charge in [-0.1, -0.05) is 30.3 Å². The SMILES string of the molecule is COCc1ccccc1CNc1cccc(S(N)(=O)=O)c1. The van der Waals surface area contributed by atoms with Crippen molar-refractivity contribution in [3.05, 3.63) is 59.7 Å². The second-order valence-electron chi connectivity index (χ2n) is 4.63. The van der Waals surface area contributed by atoms with Crippen LogP contribution in [-0.2, 0) is 27.9 Å². The van der Waals surface area contributed by atoms with Crippen LogP contribution in [0.25, 0.3) is 0 Å². The van der Waals surface area contributed by atoms with Gasteiger partial charge in [0, 0.05) is 19.3 Å². The summed E-state index contributed by atoms with van der Waals surface area (Å²) in [5.74, 6) is 0. The average Bonchev–Trinajstić information content (AvgIpc) is 2.46. The highest BCUT2D eigenvalue weighted by atomic mass is 32.2. The molecule has 0 aliphatic rings. The summed E-state index contributed by atoms with van der Waals surface area (Å²) >= 11 is 0. The maximum atomic E-state index is 11.3. The van der Waals surface area contributed by atoms with Gasteiger partial charge in [-0.25, -0.2) is 13.6 Å². The average molecular weight is 306 g/mol. The summed E-state index contributed by atoms with van der Waals surface area (Å²) in [6.45, 7) is 1.11. The summed E-state index contributed by atoms with van der Waals surface area (Å²) in [6.07, 6.45) is 0. The van der Waals surface area contributed by atoms with Gasteiger partial charge in [0.1, 0.15) is 0 Å². The minimum absolute atomic E-state index is 0.0951. The molecule has 2 aromatic carbocycles. The largest absolute Gasteiger partial charge is 0.381 e. The van der Waals surface area contributed by atoms with E-state index in [2.05, 4.69) is 5.32 Å². The Kier molecular flexibility index (Phi) is 4.95.